The molecule has 0 bridgehead atoms. The number of phenols is 1. The normalized spacial score (nSPS) is 16.9. The van der Waals surface area contributed by atoms with Crippen LogP contribution in [0.15, 0.2) is 24.3 Å². The first-order chi connectivity index (χ1) is 10.8. The Hall–Kier alpha value is -2.40. The van der Waals surface area contributed by atoms with E-state index in [1.165, 1.54) is 0 Å². The smallest absolute Gasteiger partial charge is 0.148 e. The molecule has 1 aromatic heterocycles. The van der Waals surface area contributed by atoms with E-state index in [1.807, 2.05) is 24.3 Å². The van der Waals surface area contributed by atoms with Crippen molar-refractivity contribution in [3.05, 3.63) is 34.7 Å². The summed E-state index contributed by atoms with van der Waals surface area (Å²) in [5.74, 6) is 1.02. The lowest BCUT2D eigenvalue weighted by Gasteiger charge is -2.28. The van der Waals surface area contributed by atoms with Gasteiger partial charge >= 0.3 is 0 Å². The lowest BCUT2D eigenvalue weighted by molar-refractivity contribution is 0.470. The Kier molecular flexibility index (Phi) is 3.27. The molecule has 1 aromatic carbocycles. The van der Waals surface area contributed by atoms with Crippen molar-refractivity contribution in [1.29, 1.82) is 0 Å². The van der Waals surface area contributed by atoms with Gasteiger partial charge in [0.1, 0.15) is 11.6 Å². The number of hydrogen-bond donors (Lipinski definition) is 3. The molecule has 112 valence electrons. The Morgan fingerprint density at radius 1 is 1.05 bits per heavy atom. The zero-order valence-corrected chi connectivity index (χ0v) is 12.2. The second kappa shape index (κ2) is 5.42. The summed E-state index contributed by atoms with van der Waals surface area (Å²) in [5, 5.41) is 27.5. The number of aromatic hydroxyl groups is 1. The molecule has 1 aliphatic carbocycles. The summed E-state index contributed by atoms with van der Waals surface area (Å²) >= 11 is 0. The fourth-order valence-electron chi connectivity index (χ4n) is 2.81. The van der Waals surface area contributed by atoms with E-state index in [0.29, 0.717) is 11.7 Å². The van der Waals surface area contributed by atoms with Crippen LogP contribution < -0.4 is 21.1 Å². The van der Waals surface area contributed by atoms with Crippen LogP contribution in [-0.2, 0) is 0 Å². The molecular formula is C17H18N4O. The van der Waals surface area contributed by atoms with E-state index < -0.39 is 0 Å². The number of fused-ring (bicyclic) bond motifs is 1. The minimum absolute atomic E-state index is 0.253. The van der Waals surface area contributed by atoms with Gasteiger partial charge in [-0.1, -0.05) is 12.2 Å². The molecule has 3 N–H and O–H groups in total. The molecule has 5 heteroatoms. The number of benzene rings is 1. The Labute approximate surface area is 128 Å². The summed E-state index contributed by atoms with van der Waals surface area (Å²) in [6.45, 7) is 1.92. The highest BCUT2D eigenvalue weighted by Gasteiger charge is 2.16. The fourth-order valence-corrected chi connectivity index (χ4v) is 2.81. The molecule has 5 nitrogen and oxygen atoms in total. The molecule has 2 heterocycles. The van der Waals surface area contributed by atoms with Crippen molar-refractivity contribution < 1.29 is 5.11 Å². The van der Waals surface area contributed by atoms with Crippen LogP contribution in [0.5, 0.6) is 5.75 Å². The van der Waals surface area contributed by atoms with E-state index in [0.717, 1.165) is 47.7 Å². The van der Waals surface area contributed by atoms with E-state index in [2.05, 4.69) is 33.0 Å². The summed E-state index contributed by atoms with van der Waals surface area (Å²) in [6.07, 6.45) is 6.43. The molecule has 1 aliphatic heterocycles. The topological polar surface area (TPSA) is 70.1 Å². The molecule has 0 atom stereocenters. The molecule has 0 radical (unpaired) electrons. The first-order valence-electron chi connectivity index (χ1n) is 7.64. The highest BCUT2D eigenvalue weighted by Crippen LogP contribution is 2.25. The molecule has 22 heavy (non-hydrogen) atoms. The van der Waals surface area contributed by atoms with Crippen LogP contribution in [-0.4, -0.2) is 34.4 Å². The lowest BCUT2D eigenvalue weighted by atomic mass is 10.0. The van der Waals surface area contributed by atoms with Crippen molar-refractivity contribution in [3.8, 4) is 17.0 Å². The Morgan fingerprint density at radius 3 is 2.45 bits per heavy atom. The van der Waals surface area contributed by atoms with Crippen molar-refractivity contribution in [2.24, 2.45) is 0 Å². The number of rotatable bonds is 3. The molecule has 0 amide bonds. The molecule has 1 saturated heterocycles. The minimum Gasteiger partial charge on any atom is -0.507 e. The number of phenolic OH excluding ortho intramolecular Hbond substituents is 1. The maximum Gasteiger partial charge on any atom is 0.148 e. The third kappa shape index (κ3) is 2.44. The van der Waals surface area contributed by atoms with Crippen molar-refractivity contribution in [2.75, 3.05) is 18.4 Å². The number of aromatic nitrogens is 2. The summed E-state index contributed by atoms with van der Waals surface area (Å²) < 4.78 is 0. The van der Waals surface area contributed by atoms with Gasteiger partial charge in [-0.3, -0.25) is 0 Å². The highest BCUT2D eigenvalue weighted by molar-refractivity contribution is 5.68. The maximum absolute atomic E-state index is 10.3. The van der Waals surface area contributed by atoms with Crippen molar-refractivity contribution in [3.63, 3.8) is 0 Å². The van der Waals surface area contributed by atoms with Gasteiger partial charge in [-0.25, -0.2) is 0 Å². The van der Waals surface area contributed by atoms with Gasteiger partial charge in [0.15, 0.2) is 0 Å². The molecule has 2 aromatic rings. The first-order valence-corrected chi connectivity index (χ1v) is 7.64. The maximum atomic E-state index is 10.3. The van der Waals surface area contributed by atoms with E-state index >= 15 is 0 Å². The Bertz CT molecular complexity index is 810. The summed E-state index contributed by atoms with van der Waals surface area (Å²) in [7, 11) is 0. The molecule has 0 unspecified atom stereocenters. The third-order valence-electron chi connectivity index (χ3n) is 4.17. The van der Waals surface area contributed by atoms with Gasteiger partial charge in [-0.2, -0.15) is 0 Å². The second-order valence-electron chi connectivity index (χ2n) is 5.79. The fraction of sp³-hybridized carbons (Fsp3) is 0.294. The summed E-state index contributed by atoms with van der Waals surface area (Å²) in [4.78, 5) is 0. The van der Waals surface area contributed by atoms with Gasteiger partial charge in [0, 0.05) is 18.7 Å². The van der Waals surface area contributed by atoms with Crippen LogP contribution in [0.2, 0.25) is 0 Å². The lowest BCUT2D eigenvalue weighted by Crippen LogP contribution is -2.51. The molecule has 2 aliphatic rings. The van der Waals surface area contributed by atoms with Crippen LogP contribution in [0.25, 0.3) is 23.4 Å². The summed E-state index contributed by atoms with van der Waals surface area (Å²) in [6, 6.07) is 8.05. The standard InChI is InChI=1S/C17H18N4O/c22-16-8-12-4-2-1-3-11(12)7-14(16)15-5-6-17(21-20-15)19-13-9-18-10-13/h3-8,13,18,22H,1-2,9-10H2,(H,19,21). The van der Waals surface area contributed by atoms with Crippen LogP contribution >= 0.6 is 0 Å². The van der Waals surface area contributed by atoms with Gasteiger partial charge in [0.2, 0.25) is 0 Å². The van der Waals surface area contributed by atoms with Crippen molar-refractivity contribution >= 4 is 18.0 Å². The van der Waals surface area contributed by atoms with Crippen LogP contribution in [0.4, 0.5) is 5.82 Å². The molecule has 4 rings (SSSR count). The molecule has 0 saturated carbocycles. The third-order valence-corrected chi connectivity index (χ3v) is 4.17. The minimum atomic E-state index is 0.253. The quantitative estimate of drug-likeness (QED) is 0.773. The predicted octanol–water partition coefficient (Wildman–Crippen LogP) is 0.588. The molecule has 0 spiro atoms. The SMILES string of the molecule is Oc1cc2c(cc1-c1ccc(NC3CNC3)nn1)=CCCC=2. The summed E-state index contributed by atoms with van der Waals surface area (Å²) in [5.41, 5.74) is 1.42. The largest absolute Gasteiger partial charge is 0.507 e. The van der Waals surface area contributed by atoms with Crippen LogP contribution in [0, 0.1) is 0 Å². The van der Waals surface area contributed by atoms with Crippen molar-refractivity contribution in [2.45, 2.75) is 18.9 Å². The van der Waals surface area contributed by atoms with Gasteiger partial charge in [0.05, 0.1) is 11.7 Å². The average Bonchev–Trinajstić information content (AvgIpc) is 2.51. The monoisotopic (exact) mass is 294 g/mol. The van der Waals surface area contributed by atoms with E-state index in [4.69, 9.17) is 0 Å². The van der Waals surface area contributed by atoms with E-state index in [9.17, 15) is 5.11 Å². The van der Waals surface area contributed by atoms with Gasteiger partial charge < -0.3 is 15.7 Å². The number of anilines is 1. The van der Waals surface area contributed by atoms with E-state index in [1.54, 1.807) is 0 Å². The number of hydrogen-bond acceptors (Lipinski definition) is 5. The number of nitrogens with zero attached hydrogens (tertiary/aromatic N) is 2. The van der Waals surface area contributed by atoms with Crippen LogP contribution in [0.1, 0.15) is 12.8 Å². The van der Waals surface area contributed by atoms with Gasteiger partial charge in [-0.15, -0.1) is 10.2 Å². The Balaban J connectivity index is 1.66. The van der Waals surface area contributed by atoms with E-state index in [-0.39, 0.29) is 5.75 Å². The highest BCUT2D eigenvalue weighted by atomic mass is 16.3. The zero-order valence-electron chi connectivity index (χ0n) is 12.2. The van der Waals surface area contributed by atoms with Crippen LogP contribution in [0.3, 0.4) is 0 Å². The average molecular weight is 294 g/mol. The van der Waals surface area contributed by atoms with Gasteiger partial charge in [0.25, 0.3) is 0 Å². The molecule has 1 fully saturated rings. The Morgan fingerprint density at radius 2 is 1.82 bits per heavy atom. The predicted molar refractivity (Wildman–Crippen MR) is 86.8 cm³/mol. The van der Waals surface area contributed by atoms with Gasteiger partial charge in [-0.05, 0) is 47.5 Å². The number of nitrogens with one attached hydrogen (secondary N) is 2. The first kappa shape index (κ1) is 13.3. The molecular weight excluding hydrogens is 276 g/mol. The van der Waals surface area contributed by atoms with Crippen molar-refractivity contribution in [1.82, 2.24) is 15.5 Å². The second-order valence-corrected chi connectivity index (χ2v) is 5.79. The zero-order chi connectivity index (χ0) is 14.9.